The fourth-order valence-corrected chi connectivity index (χ4v) is 3.56. The van der Waals surface area contributed by atoms with E-state index in [-0.39, 0.29) is 19.1 Å². The van der Waals surface area contributed by atoms with Crippen LogP contribution in [0.15, 0.2) is 0 Å². The standard InChI is InChI=1S/C21H45N2O6P/c1-6-8-10-11-12-13-14-20(24)19(22-21(25)15-9-7-2)18-29-30(26,27)28-17-16-23(3,4)5/h19-20,24H,6-18H2,1-5H3,(H-,22,25,26,27). The zero-order chi connectivity index (χ0) is 23.0. The van der Waals surface area contributed by atoms with Crippen LogP contribution in [-0.4, -0.2) is 68.5 Å². The summed E-state index contributed by atoms with van der Waals surface area (Å²) in [6.45, 7) is 4.34. The Labute approximate surface area is 183 Å². The van der Waals surface area contributed by atoms with Crippen molar-refractivity contribution in [3.05, 3.63) is 0 Å². The largest absolute Gasteiger partial charge is 0.756 e. The van der Waals surface area contributed by atoms with Crippen LogP contribution in [0.5, 0.6) is 0 Å². The summed E-state index contributed by atoms with van der Waals surface area (Å²) >= 11 is 0. The molecule has 0 aromatic carbocycles. The van der Waals surface area contributed by atoms with Gasteiger partial charge in [-0.2, -0.15) is 0 Å². The molecule has 180 valence electrons. The summed E-state index contributed by atoms with van der Waals surface area (Å²) in [5, 5.41) is 13.3. The van der Waals surface area contributed by atoms with E-state index in [1.807, 2.05) is 28.1 Å². The van der Waals surface area contributed by atoms with Gasteiger partial charge in [-0.15, -0.1) is 0 Å². The molecule has 8 nitrogen and oxygen atoms in total. The number of nitrogens with one attached hydrogen (secondary N) is 1. The van der Waals surface area contributed by atoms with Gasteiger partial charge in [0.2, 0.25) is 5.91 Å². The molecule has 0 bridgehead atoms. The van der Waals surface area contributed by atoms with Gasteiger partial charge in [-0.25, -0.2) is 0 Å². The molecular weight excluding hydrogens is 407 g/mol. The molecule has 0 saturated heterocycles. The van der Waals surface area contributed by atoms with Gasteiger partial charge < -0.3 is 28.8 Å². The number of aliphatic hydroxyl groups excluding tert-OH is 1. The molecule has 3 unspecified atom stereocenters. The Bertz CT molecular complexity index is 498. The molecule has 0 radical (unpaired) electrons. The van der Waals surface area contributed by atoms with Crippen LogP contribution < -0.4 is 10.2 Å². The number of amides is 1. The van der Waals surface area contributed by atoms with Crippen molar-refractivity contribution in [1.82, 2.24) is 5.32 Å². The van der Waals surface area contributed by atoms with E-state index in [1.54, 1.807) is 0 Å². The number of carbonyl (C=O) groups is 1. The summed E-state index contributed by atoms with van der Waals surface area (Å²) in [6, 6.07) is -0.783. The molecule has 0 heterocycles. The molecule has 0 spiro atoms. The first-order valence-corrected chi connectivity index (χ1v) is 12.8. The number of aliphatic hydroxyl groups is 1. The predicted molar refractivity (Wildman–Crippen MR) is 118 cm³/mol. The maximum atomic E-state index is 12.1. The van der Waals surface area contributed by atoms with E-state index in [9.17, 15) is 19.4 Å². The number of rotatable bonds is 19. The van der Waals surface area contributed by atoms with Crippen molar-refractivity contribution in [2.24, 2.45) is 0 Å². The Kier molecular flexibility index (Phi) is 15.9. The normalized spacial score (nSPS) is 16.1. The zero-order valence-electron chi connectivity index (χ0n) is 19.7. The highest BCUT2D eigenvalue weighted by molar-refractivity contribution is 7.45. The fourth-order valence-electron chi connectivity index (χ4n) is 2.84. The van der Waals surface area contributed by atoms with Crippen LogP contribution in [0.1, 0.15) is 78.1 Å². The lowest BCUT2D eigenvalue weighted by atomic mass is 10.0. The van der Waals surface area contributed by atoms with Crippen molar-refractivity contribution in [3.63, 3.8) is 0 Å². The Balaban J connectivity index is 4.63. The average Bonchev–Trinajstić information content (AvgIpc) is 2.64. The van der Waals surface area contributed by atoms with Crippen molar-refractivity contribution in [2.45, 2.75) is 90.2 Å². The maximum absolute atomic E-state index is 12.1. The van der Waals surface area contributed by atoms with Gasteiger partial charge in [0.05, 0.1) is 39.9 Å². The predicted octanol–water partition coefficient (Wildman–Crippen LogP) is 2.98. The summed E-state index contributed by atoms with van der Waals surface area (Å²) in [4.78, 5) is 24.2. The Morgan fingerprint density at radius 2 is 1.63 bits per heavy atom. The smallest absolute Gasteiger partial charge is 0.268 e. The highest BCUT2D eigenvalue weighted by Crippen LogP contribution is 2.38. The van der Waals surface area contributed by atoms with Gasteiger partial charge in [-0.3, -0.25) is 9.36 Å². The number of phosphoric acid groups is 1. The lowest BCUT2D eigenvalue weighted by Crippen LogP contribution is -2.46. The Morgan fingerprint density at radius 3 is 2.23 bits per heavy atom. The SMILES string of the molecule is CCCCCCCCC(O)C(COP(=O)([O-])OCC[N+](C)(C)C)NC(=O)CCCC. The molecule has 0 aliphatic carbocycles. The number of hydrogen-bond acceptors (Lipinski definition) is 6. The van der Waals surface area contributed by atoms with E-state index < -0.39 is 20.0 Å². The molecule has 30 heavy (non-hydrogen) atoms. The second-order valence-corrected chi connectivity index (χ2v) is 10.4. The van der Waals surface area contributed by atoms with Crippen molar-refractivity contribution < 1.29 is 32.9 Å². The number of phosphoric ester groups is 1. The summed E-state index contributed by atoms with van der Waals surface area (Å²) in [6.07, 6.45) is 8.07. The zero-order valence-corrected chi connectivity index (χ0v) is 20.6. The van der Waals surface area contributed by atoms with E-state index in [2.05, 4.69) is 12.2 Å². The third-order valence-electron chi connectivity index (χ3n) is 4.85. The van der Waals surface area contributed by atoms with Gasteiger partial charge in [0.1, 0.15) is 13.2 Å². The highest BCUT2D eigenvalue weighted by atomic mass is 31.2. The van der Waals surface area contributed by atoms with Crippen LogP contribution in [-0.2, 0) is 18.4 Å². The van der Waals surface area contributed by atoms with Crippen LogP contribution in [0.4, 0.5) is 0 Å². The van der Waals surface area contributed by atoms with Crippen LogP contribution in [0, 0.1) is 0 Å². The minimum Gasteiger partial charge on any atom is -0.756 e. The van der Waals surface area contributed by atoms with Gasteiger partial charge in [0.15, 0.2) is 0 Å². The van der Waals surface area contributed by atoms with E-state index in [1.165, 1.54) is 19.3 Å². The topological polar surface area (TPSA) is 108 Å². The first-order chi connectivity index (χ1) is 14.0. The molecule has 0 aliphatic rings. The van der Waals surface area contributed by atoms with Crippen molar-refractivity contribution in [3.8, 4) is 0 Å². The Morgan fingerprint density at radius 1 is 1.03 bits per heavy atom. The average molecular weight is 453 g/mol. The minimum atomic E-state index is -4.50. The molecule has 0 aromatic rings. The highest BCUT2D eigenvalue weighted by Gasteiger charge is 2.24. The fraction of sp³-hybridized carbons (Fsp3) is 0.952. The third-order valence-corrected chi connectivity index (χ3v) is 5.81. The number of carbonyl (C=O) groups excluding carboxylic acids is 1. The van der Waals surface area contributed by atoms with E-state index in [0.717, 1.165) is 32.1 Å². The van der Waals surface area contributed by atoms with Crippen molar-refractivity contribution >= 4 is 13.7 Å². The monoisotopic (exact) mass is 452 g/mol. The minimum absolute atomic E-state index is 0.0120. The lowest BCUT2D eigenvalue weighted by Gasteiger charge is -2.30. The first kappa shape index (κ1) is 29.5. The molecule has 2 N–H and O–H groups in total. The molecular formula is C21H45N2O6P. The van der Waals surface area contributed by atoms with E-state index >= 15 is 0 Å². The van der Waals surface area contributed by atoms with Gasteiger partial charge in [-0.1, -0.05) is 58.8 Å². The van der Waals surface area contributed by atoms with Gasteiger partial charge in [0.25, 0.3) is 7.82 Å². The van der Waals surface area contributed by atoms with Crippen LogP contribution in [0.2, 0.25) is 0 Å². The van der Waals surface area contributed by atoms with Crippen LogP contribution >= 0.6 is 7.82 Å². The molecule has 0 aromatic heterocycles. The Hall–Kier alpha value is -0.500. The van der Waals surface area contributed by atoms with Crippen molar-refractivity contribution in [2.75, 3.05) is 40.9 Å². The molecule has 0 aliphatic heterocycles. The number of quaternary nitrogens is 1. The van der Waals surface area contributed by atoms with E-state index in [0.29, 0.717) is 23.9 Å². The van der Waals surface area contributed by atoms with E-state index in [4.69, 9.17) is 9.05 Å². The number of nitrogens with zero attached hydrogens (tertiary/aromatic N) is 1. The quantitative estimate of drug-likeness (QED) is 0.177. The van der Waals surface area contributed by atoms with Crippen molar-refractivity contribution in [1.29, 1.82) is 0 Å². The lowest BCUT2D eigenvalue weighted by molar-refractivity contribution is -0.870. The second kappa shape index (κ2) is 16.2. The molecule has 0 rings (SSSR count). The number of hydrogen-bond donors (Lipinski definition) is 2. The summed E-state index contributed by atoms with van der Waals surface area (Å²) in [5.41, 5.74) is 0. The summed E-state index contributed by atoms with van der Waals surface area (Å²) in [7, 11) is 1.29. The van der Waals surface area contributed by atoms with Crippen LogP contribution in [0.25, 0.3) is 0 Å². The third kappa shape index (κ3) is 17.2. The summed E-state index contributed by atoms with van der Waals surface area (Å²) < 4.78 is 22.5. The number of unbranched alkanes of at least 4 members (excludes halogenated alkanes) is 6. The van der Waals surface area contributed by atoms with Gasteiger partial charge in [0, 0.05) is 6.42 Å². The summed E-state index contributed by atoms with van der Waals surface area (Å²) in [5.74, 6) is -0.209. The maximum Gasteiger partial charge on any atom is 0.268 e. The number of likely N-dealkylation sites (N-methyl/N-ethyl adjacent to an activating group) is 1. The van der Waals surface area contributed by atoms with Crippen LogP contribution in [0.3, 0.4) is 0 Å². The molecule has 1 amide bonds. The first-order valence-electron chi connectivity index (χ1n) is 11.4. The second-order valence-electron chi connectivity index (χ2n) is 8.99. The molecule has 9 heteroatoms. The molecule has 3 atom stereocenters. The molecule has 0 saturated carbocycles. The van der Waals surface area contributed by atoms with Gasteiger partial charge in [-0.05, 0) is 12.8 Å². The van der Waals surface area contributed by atoms with Gasteiger partial charge >= 0.3 is 0 Å². The molecule has 0 fully saturated rings.